The largest absolute Gasteiger partial charge is 0.480 e. The molecule has 0 spiro atoms. The van der Waals surface area contributed by atoms with Gasteiger partial charge in [-0.25, -0.2) is 9.97 Å². The van der Waals surface area contributed by atoms with E-state index in [-0.39, 0.29) is 11.6 Å². The number of ether oxygens (including phenoxy) is 1. The van der Waals surface area contributed by atoms with E-state index in [0.717, 1.165) is 22.2 Å². The number of halogens is 1. The number of carbonyl (C=O) groups excluding carboxylic acids is 1. The molecule has 0 radical (unpaired) electrons. The summed E-state index contributed by atoms with van der Waals surface area (Å²) < 4.78 is 9.95. The number of carbonyl (C=O) groups is 1. The normalized spacial score (nSPS) is 11.0. The van der Waals surface area contributed by atoms with E-state index >= 15 is 0 Å². The molecule has 0 bridgehead atoms. The first-order chi connectivity index (χ1) is 13.5. The molecule has 0 atom stereocenters. The third kappa shape index (κ3) is 3.54. The first-order valence-electron chi connectivity index (χ1n) is 8.42. The van der Waals surface area contributed by atoms with Crippen LogP contribution in [0.25, 0.3) is 22.2 Å². The Bertz CT molecular complexity index is 1150. The standard InChI is InChI=1S/C19H16ClN5O3/c1-10-3-16(25-28-10)19(26)23-7-12-4-11-5-14(20)13(6-15(11)24-12)17-8-22-18(27-2)9-21-17/h3-6,8-9,24H,7H2,1-2H3,(H,23,26). The van der Waals surface area contributed by atoms with Gasteiger partial charge in [0.05, 0.1) is 36.8 Å². The van der Waals surface area contributed by atoms with Gasteiger partial charge in [-0.2, -0.15) is 0 Å². The lowest BCUT2D eigenvalue weighted by Gasteiger charge is -2.05. The molecule has 28 heavy (non-hydrogen) atoms. The Hall–Kier alpha value is -3.39. The van der Waals surface area contributed by atoms with Gasteiger partial charge in [0.2, 0.25) is 5.88 Å². The molecule has 1 aromatic carbocycles. The molecular weight excluding hydrogens is 382 g/mol. The highest BCUT2D eigenvalue weighted by molar-refractivity contribution is 6.34. The van der Waals surface area contributed by atoms with Crippen LogP contribution in [-0.4, -0.2) is 33.1 Å². The molecule has 2 N–H and O–H groups in total. The van der Waals surface area contributed by atoms with Gasteiger partial charge in [0.15, 0.2) is 5.69 Å². The predicted molar refractivity (Wildman–Crippen MR) is 103 cm³/mol. The fourth-order valence-electron chi connectivity index (χ4n) is 2.80. The van der Waals surface area contributed by atoms with Gasteiger partial charge in [-0.1, -0.05) is 16.8 Å². The van der Waals surface area contributed by atoms with Crippen LogP contribution in [0.15, 0.2) is 41.2 Å². The smallest absolute Gasteiger partial charge is 0.273 e. The summed E-state index contributed by atoms with van der Waals surface area (Å²) in [6.45, 7) is 2.05. The summed E-state index contributed by atoms with van der Waals surface area (Å²) >= 11 is 6.43. The number of aryl methyl sites for hydroxylation is 1. The lowest BCUT2D eigenvalue weighted by atomic mass is 10.1. The molecule has 142 valence electrons. The molecule has 4 rings (SSSR count). The lowest BCUT2D eigenvalue weighted by molar-refractivity contribution is 0.0941. The van der Waals surface area contributed by atoms with Crippen molar-refractivity contribution in [1.29, 1.82) is 0 Å². The summed E-state index contributed by atoms with van der Waals surface area (Å²) in [4.78, 5) is 23.9. The Morgan fingerprint density at radius 3 is 2.79 bits per heavy atom. The summed E-state index contributed by atoms with van der Waals surface area (Å²) in [5.74, 6) is 0.712. The first-order valence-corrected chi connectivity index (χ1v) is 8.80. The maximum atomic E-state index is 12.1. The molecule has 1 amide bonds. The van der Waals surface area contributed by atoms with Gasteiger partial charge in [0.1, 0.15) is 5.76 Å². The number of nitrogens with zero attached hydrogens (tertiary/aromatic N) is 3. The Labute approximate surface area is 164 Å². The number of aromatic nitrogens is 4. The number of nitrogens with one attached hydrogen (secondary N) is 2. The van der Waals surface area contributed by atoms with Crippen LogP contribution in [0, 0.1) is 6.92 Å². The van der Waals surface area contributed by atoms with E-state index < -0.39 is 0 Å². The van der Waals surface area contributed by atoms with E-state index in [1.165, 1.54) is 13.3 Å². The van der Waals surface area contributed by atoms with Crippen molar-refractivity contribution >= 4 is 28.4 Å². The molecule has 3 aromatic heterocycles. The summed E-state index contributed by atoms with van der Waals surface area (Å²) in [5, 5.41) is 7.99. The van der Waals surface area contributed by atoms with Crippen molar-refractivity contribution in [2.75, 3.05) is 7.11 Å². The van der Waals surface area contributed by atoms with Gasteiger partial charge < -0.3 is 19.6 Å². The van der Waals surface area contributed by atoms with Crippen LogP contribution in [-0.2, 0) is 6.54 Å². The van der Waals surface area contributed by atoms with Gasteiger partial charge in [-0.3, -0.25) is 4.79 Å². The number of aromatic amines is 1. The SMILES string of the molecule is COc1cnc(-c2cc3[nH]c(CNC(=O)c4cc(C)on4)cc3cc2Cl)cn1. The topological polar surface area (TPSA) is 106 Å². The summed E-state index contributed by atoms with van der Waals surface area (Å²) in [6, 6.07) is 7.27. The second kappa shape index (κ2) is 7.32. The van der Waals surface area contributed by atoms with Crippen LogP contribution in [0.5, 0.6) is 5.88 Å². The number of hydrogen-bond donors (Lipinski definition) is 2. The Morgan fingerprint density at radius 2 is 2.11 bits per heavy atom. The van der Waals surface area contributed by atoms with Gasteiger partial charge in [-0.15, -0.1) is 0 Å². The van der Waals surface area contributed by atoms with Crippen LogP contribution in [0.4, 0.5) is 0 Å². The Kier molecular flexibility index (Phi) is 4.70. The average molecular weight is 398 g/mol. The van der Waals surface area contributed by atoms with Crippen LogP contribution < -0.4 is 10.1 Å². The molecule has 0 aliphatic heterocycles. The highest BCUT2D eigenvalue weighted by atomic mass is 35.5. The van der Waals surface area contributed by atoms with Crippen molar-refractivity contribution in [3.8, 4) is 17.1 Å². The van der Waals surface area contributed by atoms with Gasteiger partial charge in [0.25, 0.3) is 5.91 Å². The van der Waals surface area contributed by atoms with E-state index in [4.69, 9.17) is 20.9 Å². The maximum absolute atomic E-state index is 12.1. The second-order valence-corrected chi connectivity index (χ2v) is 6.57. The minimum atomic E-state index is -0.303. The zero-order chi connectivity index (χ0) is 19.7. The van der Waals surface area contributed by atoms with Gasteiger partial charge >= 0.3 is 0 Å². The van der Waals surface area contributed by atoms with Crippen molar-refractivity contribution in [1.82, 2.24) is 25.4 Å². The number of benzene rings is 1. The summed E-state index contributed by atoms with van der Waals surface area (Å²) in [7, 11) is 1.53. The van der Waals surface area contributed by atoms with Crippen LogP contribution in [0.1, 0.15) is 21.9 Å². The van der Waals surface area contributed by atoms with E-state index in [1.807, 2.05) is 18.2 Å². The molecule has 0 unspecified atom stereocenters. The number of amides is 1. The molecule has 0 aliphatic rings. The van der Waals surface area contributed by atoms with E-state index in [9.17, 15) is 4.79 Å². The van der Waals surface area contributed by atoms with E-state index in [1.54, 1.807) is 19.2 Å². The maximum Gasteiger partial charge on any atom is 0.273 e. The van der Waals surface area contributed by atoms with Crippen LogP contribution in [0.2, 0.25) is 5.02 Å². The van der Waals surface area contributed by atoms with E-state index in [2.05, 4.69) is 25.4 Å². The van der Waals surface area contributed by atoms with Crippen molar-refractivity contribution < 1.29 is 14.1 Å². The van der Waals surface area contributed by atoms with Crippen molar-refractivity contribution in [3.63, 3.8) is 0 Å². The van der Waals surface area contributed by atoms with Gasteiger partial charge in [0, 0.05) is 28.2 Å². The van der Waals surface area contributed by atoms with Gasteiger partial charge in [-0.05, 0) is 25.1 Å². The summed E-state index contributed by atoms with van der Waals surface area (Å²) in [5.41, 5.74) is 3.34. The van der Waals surface area contributed by atoms with E-state index in [0.29, 0.717) is 28.9 Å². The minimum absolute atomic E-state index is 0.247. The first kappa shape index (κ1) is 18.0. The Morgan fingerprint density at radius 1 is 1.25 bits per heavy atom. The highest BCUT2D eigenvalue weighted by Gasteiger charge is 2.13. The zero-order valence-corrected chi connectivity index (χ0v) is 15.9. The number of hydrogen-bond acceptors (Lipinski definition) is 6. The average Bonchev–Trinajstić information content (AvgIpc) is 3.31. The third-order valence-corrected chi connectivity index (χ3v) is 4.49. The van der Waals surface area contributed by atoms with Crippen molar-refractivity contribution in [3.05, 3.63) is 58.8 Å². The number of methoxy groups -OCH3 is 1. The van der Waals surface area contributed by atoms with Crippen molar-refractivity contribution in [2.45, 2.75) is 13.5 Å². The fraction of sp³-hybridized carbons (Fsp3) is 0.158. The second-order valence-electron chi connectivity index (χ2n) is 6.16. The zero-order valence-electron chi connectivity index (χ0n) is 15.1. The number of rotatable bonds is 5. The van der Waals surface area contributed by atoms with Crippen molar-refractivity contribution in [2.24, 2.45) is 0 Å². The van der Waals surface area contributed by atoms with Crippen LogP contribution in [0.3, 0.4) is 0 Å². The minimum Gasteiger partial charge on any atom is -0.480 e. The lowest BCUT2D eigenvalue weighted by Crippen LogP contribution is -2.23. The molecular formula is C19H16ClN5O3. The quantitative estimate of drug-likeness (QED) is 0.533. The molecule has 0 fully saturated rings. The molecule has 4 aromatic rings. The number of H-pyrrole nitrogens is 1. The predicted octanol–water partition coefficient (Wildman–Crippen LogP) is 3.51. The van der Waals surface area contributed by atoms with Crippen LogP contribution >= 0.6 is 11.6 Å². The molecule has 0 saturated carbocycles. The monoisotopic (exact) mass is 397 g/mol. The Balaban J connectivity index is 1.56. The molecule has 3 heterocycles. The molecule has 8 nitrogen and oxygen atoms in total. The molecule has 0 saturated heterocycles. The summed E-state index contributed by atoms with van der Waals surface area (Å²) in [6.07, 6.45) is 3.15. The molecule has 0 aliphatic carbocycles. The third-order valence-electron chi connectivity index (χ3n) is 4.18. The highest BCUT2D eigenvalue weighted by Crippen LogP contribution is 2.31. The molecule has 9 heteroatoms. The number of fused-ring (bicyclic) bond motifs is 1. The fourth-order valence-corrected chi connectivity index (χ4v) is 3.07.